The number of carbonyl (C=O) groups excluding carboxylic acids is 2. The molecule has 1 heterocycles. The number of amides is 2. The number of aryl methyl sites for hydroxylation is 1. The number of rotatable bonds is 10. The Morgan fingerprint density at radius 1 is 0.976 bits per heavy atom. The van der Waals surface area contributed by atoms with E-state index in [0.29, 0.717) is 30.8 Å². The molecule has 1 aromatic heterocycles. The molecule has 4 N–H and O–H groups in total. The second-order valence-electron chi connectivity index (χ2n) is 10.8. The van der Waals surface area contributed by atoms with Crippen molar-refractivity contribution in [3.8, 4) is 5.75 Å². The first-order valence-corrected chi connectivity index (χ1v) is 14.0. The minimum Gasteiger partial charge on any atom is -0.489 e. The lowest BCUT2D eigenvalue weighted by atomic mass is 9.76. The number of aromatic nitrogens is 1. The van der Waals surface area contributed by atoms with Crippen LogP contribution in [0.5, 0.6) is 5.75 Å². The Bertz CT molecular complexity index is 1480. The van der Waals surface area contributed by atoms with Crippen LogP contribution in [-0.4, -0.2) is 33.6 Å². The van der Waals surface area contributed by atoms with Crippen LogP contribution >= 0.6 is 0 Å². The number of hydroxylamine groups is 1. The molecule has 3 aromatic carbocycles. The average molecular weight is 553 g/mol. The van der Waals surface area contributed by atoms with Crippen LogP contribution in [0.4, 0.5) is 0 Å². The molecule has 0 atom stereocenters. The van der Waals surface area contributed by atoms with Crippen molar-refractivity contribution in [3.05, 3.63) is 107 Å². The van der Waals surface area contributed by atoms with E-state index in [1.165, 1.54) is 5.56 Å². The van der Waals surface area contributed by atoms with Gasteiger partial charge in [0.1, 0.15) is 12.4 Å². The fourth-order valence-corrected chi connectivity index (χ4v) is 5.62. The van der Waals surface area contributed by atoms with Crippen molar-refractivity contribution in [1.82, 2.24) is 21.1 Å². The number of nitrogens with one attached hydrogen (secondary N) is 3. The molecule has 0 bridgehead atoms. The third-order valence-corrected chi connectivity index (χ3v) is 7.82. The highest BCUT2D eigenvalue weighted by atomic mass is 16.5. The van der Waals surface area contributed by atoms with Crippen LogP contribution < -0.4 is 20.9 Å². The number of pyridine rings is 1. The van der Waals surface area contributed by atoms with Crippen LogP contribution in [0.15, 0.2) is 84.9 Å². The molecule has 8 nitrogen and oxygen atoms in total. The van der Waals surface area contributed by atoms with Crippen LogP contribution in [0.3, 0.4) is 0 Å². The van der Waals surface area contributed by atoms with Crippen LogP contribution in [0, 0.1) is 6.92 Å². The van der Waals surface area contributed by atoms with E-state index in [-0.39, 0.29) is 18.4 Å². The maximum atomic E-state index is 13.3. The largest absolute Gasteiger partial charge is 0.489 e. The number of nitrogens with zero attached hydrogens (tertiary/aromatic N) is 1. The van der Waals surface area contributed by atoms with Gasteiger partial charge in [-0.15, -0.1) is 0 Å². The molecule has 0 unspecified atom stereocenters. The van der Waals surface area contributed by atoms with Gasteiger partial charge in [-0.1, -0.05) is 48.5 Å². The molecule has 0 spiro atoms. The van der Waals surface area contributed by atoms with Crippen molar-refractivity contribution >= 4 is 22.7 Å². The van der Waals surface area contributed by atoms with Gasteiger partial charge in [-0.3, -0.25) is 19.8 Å². The molecule has 1 aliphatic carbocycles. The Morgan fingerprint density at radius 3 is 2.41 bits per heavy atom. The van der Waals surface area contributed by atoms with E-state index in [0.717, 1.165) is 41.5 Å². The van der Waals surface area contributed by atoms with Gasteiger partial charge < -0.3 is 15.4 Å². The first-order chi connectivity index (χ1) is 19.9. The van der Waals surface area contributed by atoms with Gasteiger partial charge in [-0.25, -0.2) is 5.48 Å². The zero-order chi connectivity index (χ0) is 28.7. The van der Waals surface area contributed by atoms with Gasteiger partial charge in [-0.2, -0.15) is 0 Å². The van der Waals surface area contributed by atoms with Crippen molar-refractivity contribution in [3.63, 3.8) is 0 Å². The van der Waals surface area contributed by atoms with Crippen molar-refractivity contribution in [2.45, 2.75) is 63.8 Å². The van der Waals surface area contributed by atoms with Gasteiger partial charge in [0, 0.05) is 40.3 Å². The highest BCUT2D eigenvalue weighted by Gasteiger charge is 2.38. The summed E-state index contributed by atoms with van der Waals surface area (Å²) in [7, 11) is 0. The maximum absolute atomic E-state index is 13.3. The predicted octanol–water partition coefficient (Wildman–Crippen LogP) is 5.22. The molecule has 2 amide bonds. The minimum atomic E-state index is -0.732. The van der Waals surface area contributed by atoms with Crippen LogP contribution in [0.1, 0.15) is 59.3 Å². The van der Waals surface area contributed by atoms with E-state index in [9.17, 15) is 14.8 Å². The van der Waals surface area contributed by atoms with E-state index in [2.05, 4.69) is 27.8 Å². The Morgan fingerprint density at radius 2 is 1.68 bits per heavy atom. The smallest absolute Gasteiger partial charge is 0.251 e. The van der Waals surface area contributed by atoms with Gasteiger partial charge in [0.05, 0.1) is 11.9 Å². The fraction of sp³-hybridized carbons (Fsp3) is 0.303. The first-order valence-electron chi connectivity index (χ1n) is 14.0. The summed E-state index contributed by atoms with van der Waals surface area (Å²) in [6.07, 6.45) is 2.88. The summed E-state index contributed by atoms with van der Waals surface area (Å²) >= 11 is 0. The van der Waals surface area contributed by atoms with Crippen LogP contribution in [0.25, 0.3) is 10.9 Å². The van der Waals surface area contributed by atoms with Crippen molar-refractivity contribution in [2.75, 3.05) is 0 Å². The van der Waals surface area contributed by atoms with E-state index in [1.54, 1.807) is 29.7 Å². The van der Waals surface area contributed by atoms with Crippen LogP contribution in [0.2, 0.25) is 0 Å². The number of benzene rings is 3. The number of hydrogen-bond acceptors (Lipinski definition) is 6. The molecule has 212 valence electrons. The Labute approximate surface area is 240 Å². The normalized spacial score (nSPS) is 18.5. The number of ether oxygens (including phenoxy) is 1. The van der Waals surface area contributed by atoms with Crippen LogP contribution in [-0.2, 0) is 17.9 Å². The van der Waals surface area contributed by atoms with E-state index in [4.69, 9.17) is 4.74 Å². The zero-order valence-electron chi connectivity index (χ0n) is 23.2. The number of carbonyl (C=O) groups is 2. The lowest BCUT2D eigenvalue weighted by Gasteiger charge is -2.40. The minimum absolute atomic E-state index is 0.0150. The standard InChI is InChI=1S/C33H36N4O4/c1-23-19-26(29-9-5-6-10-30(29)35-23)22-41-28-13-11-25(12-14-28)32(39)36-33(20-31(38)37-40)17-15-27(16-18-33)34-21-24-7-3-2-4-8-24/h2-14,19,27,34,40H,15-18,20-22H2,1H3,(H,36,39)(H,37,38)/t27-,33+. The highest BCUT2D eigenvalue weighted by Crippen LogP contribution is 2.32. The molecule has 0 aliphatic heterocycles. The quantitative estimate of drug-likeness (QED) is 0.159. The zero-order valence-corrected chi connectivity index (χ0v) is 23.2. The molecule has 1 fully saturated rings. The molecule has 41 heavy (non-hydrogen) atoms. The van der Waals surface area contributed by atoms with E-state index >= 15 is 0 Å². The summed E-state index contributed by atoms with van der Waals surface area (Å²) in [6, 6.07) is 27.5. The Hall–Kier alpha value is -4.27. The summed E-state index contributed by atoms with van der Waals surface area (Å²) in [5, 5.41) is 17.0. The van der Waals surface area contributed by atoms with Gasteiger partial charge in [0.25, 0.3) is 5.91 Å². The maximum Gasteiger partial charge on any atom is 0.251 e. The average Bonchev–Trinajstić information content (AvgIpc) is 3.00. The summed E-state index contributed by atoms with van der Waals surface area (Å²) in [4.78, 5) is 30.1. The molecular formula is C33H36N4O4. The van der Waals surface area contributed by atoms with Gasteiger partial charge >= 0.3 is 0 Å². The predicted molar refractivity (Wildman–Crippen MR) is 158 cm³/mol. The third kappa shape index (κ3) is 7.28. The molecule has 0 saturated heterocycles. The first kappa shape index (κ1) is 28.3. The van der Waals surface area contributed by atoms with Crippen molar-refractivity contribution < 1.29 is 19.5 Å². The highest BCUT2D eigenvalue weighted by molar-refractivity contribution is 5.95. The molecule has 8 heteroatoms. The topological polar surface area (TPSA) is 113 Å². The Balaban J connectivity index is 1.20. The SMILES string of the molecule is Cc1cc(COc2ccc(C(=O)N[C@]3(CC(=O)NO)CC[C@H](NCc4ccccc4)CC3)cc2)c2ccccc2n1. The summed E-state index contributed by atoms with van der Waals surface area (Å²) in [5.74, 6) is -0.114. The van der Waals surface area contributed by atoms with Gasteiger partial charge in [-0.05, 0) is 74.6 Å². The van der Waals surface area contributed by atoms with E-state index in [1.807, 2.05) is 55.5 Å². The lowest BCUT2D eigenvalue weighted by molar-refractivity contribution is -0.131. The summed E-state index contributed by atoms with van der Waals surface area (Å²) in [5.41, 5.74) is 5.61. The van der Waals surface area contributed by atoms with Crippen molar-refractivity contribution in [2.24, 2.45) is 0 Å². The number of para-hydroxylation sites is 1. The van der Waals surface area contributed by atoms with Gasteiger partial charge in [0.15, 0.2) is 0 Å². The summed E-state index contributed by atoms with van der Waals surface area (Å²) < 4.78 is 6.05. The monoisotopic (exact) mass is 552 g/mol. The molecule has 1 aliphatic rings. The van der Waals surface area contributed by atoms with E-state index < -0.39 is 11.4 Å². The second kappa shape index (κ2) is 12.9. The summed E-state index contributed by atoms with van der Waals surface area (Å²) in [6.45, 7) is 3.12. The van der Waals surface area contributed by atoms with Crippen molar-refractivity contribution in [1.29, 1.82) is 0 Å². The number of fused-ring (bicyclic) bond motifs is 1. The molecular weight excluding hydrogens is 516 g/mol. The molecule has 0 radical (unpaired) electrons. The second-order valence-corrected chi connectivity index (χ2v) is 10.8. The number of hydrogen-bond donors (Lipinski definition) is 4. The molecule has 4 aromatic rings. The fourth-order valence-electron chi connectivity index (χ4n) is 5.62. The molecule has 5 rings (SSSR count). The lowest BCUT2D eigenvalue weighted by Crippen LogP contribution is -2.54. The Kier molecular flexibility index (Phi) is 8.91. The van der Waals surface area contributed by atoms with Gasteiger partial charge in [0.2, 0.25) is 5.91 Å². The molecule has 1 saturated carbocycles. The third-order valence-electron chi connectivity index (χ3n) is 7.82.